The first-order chi connectivity index (χ1) is 9.45. The van der Waals surface area contributed by atoms with E-state index in [-0.39, 0.29) is 5.60 Å². The van der Waals surface area contributed by atoms with Crippen LogP contribution in [0.15, 0.2) is 6.07 Å². The topological polar surface area (TPSA) is 61.0 Å². The Bertz CT molecular complexity index is 451. The Morgan fingerprint density at radius 2 is 2.00 bits per heavy atom. The summed E-state index contributed by atoms with van der Waals surface area (Å²) in [5.41, 5.74) is 6.66. The number of nitrogens with two attached hydrogens (primary N) is 1. The molecular weight excluding hydrogens is 250 g/mol. The molecule has 0 amide bonds. The number of nitrogens with zero attached hydrogens (tertiary/aromatic N) is 2. The highest BCUT2D eigenvalue weighted by molar-refractivity contribution is 5.31. The van der Waals surface area contributed by atoms with Gasteiger partial charge in [-0.2, -0.15) is 0 Å². The number of ether oxygens (including phenoxy) is 1. The van der Waals surface area contributed by atoms with Crippen LogP contribution in [0.1, 0.15) is 58.0 Å². The van der Waals surface area contributed by atoms with Crippen LogP contribution in [0.25, 0.3) is 0 Å². The average Bonchev–Trinajstić information content (AvgIpc) is 2.38. The van der Waals surface area contributed by atoms with Crippen molar-refractivity contribution in [3.63, 3.8) is 0 Å². The van der Waals surface area contributed by atoms with E-state index < -0.39 is 0 Å². The molecule has 20 heavy (non-hydrogen) atoms. The smallest absolute Gasteiger partial charge is 0.162 e. The number of methoxy groups -OCH3 is 1. The lowest BCUT2D eigenvalue weighted by atomic mass is 9.79. The van der Waals surface area contributed by atoms with Crippen LogP contribution in [0.2, 0.25) is 0 Å². The van der Waals surface area contributed by atoms with Crippen LogP contribution in [-0.4, -0.2) is 17.1 Å². The fraction of sp³-hybridized carbons (Fsp3) is 0.750. The predicted octanol–water partition coefficient (Wildman–Crippen LogP) is 3.31. The molecule has 1 aromatic rings. The highest BCUT2D eigenvalue weighted by Gasteiger charge is 2.39. The van der Waals surface area contributed by atoms with Crippen LogP contribution in [-0.2, 0) is 16.8 Å². The largest absolute Gasteiger partial charge is 0.384 e. The van der Waals surface area contributed by atoms with E-state index in [1.807, 2.05) is 6.07 Å². The molecule has 0 aliphatic heterocycles. The van der Waals surface area contributed by atoms with Crippen molar-refractivity contribution in [2.24, 2.45) is 11.8 Å². The van der Waals surface area contributed by atoms with Crippen molar-refractivity contribution in [3.05, 3.63) is 17.6 Å². The molecule has 1 saturated carbocycles. The van der Waals surface area contributed by atoms with E-state index in [0.717, 1.165) is 49.5 Å². The van der Waals surface area contributed by atoms with Crippen molar-refractivity contribution < 1.29 is 4.74 Å². The standard InChI is InChI=1S/C16H27N3O/c1-11(2)9-13-10-14(17)19-15(18-13)16(20-4)7-5-12(3)6-8-16/h10-12H,5-9H2,1-4H3,(H2,17,18,19). The van der Waals surface area contributed by atoms with Gasteiger partial charge in [-0.05, 0) is 43.9 Å². The van der Waals surface area contributed by atoms with E-state index in [9.17, 15) is 0 Å². The number of rotatable bonds is 4. The first-order valence-electron chi connectivity index (χ1n) is 7.64. The average molecular weight is 277 g/mol. The fourth-order valence-corrected chi connectivity index (χ4v) is 2.99. The van der Waals surface area contributed by atoms with Crippen LogP contribution in [0.3, 0.4) is 0 Å². The lowest BCUT2D eigenvalue weighted by molar-refractivity contribution is -0.0597. The van der Waals surface area contributed by atoms with Gasteiger partial charge in [-0.1, -0.05) is 20.8 Å². The zero-order valence-electron chi connectivity index (χ0n) is 13.1. The van der Waals surface area contributed by atoms with Gasteiger partial charge in [0.1, 0.15) is 11.4 Å². The highest BCUT2D eigenvalue weighted by Crippen LogP contribution is 2.40. The van der Waals surface area contributed by atoms with Crippen molar-refractivity contribution in [3.8, 4) is 0 Å². The summed E-state index contributed by atoms with van der Waals surface area (Å²) in [6, 6.07) is 1.89. The summed E-state index contributed by atoms with van der Waals surface area (Å²) < 4.78 is 5.85. The van der Waals surface area contributed by atoms with Gasteiger partial charge in [-0.3, -0.25) is 0 Å². The molecule has 1 fully saturated rings. The molecule has 0 aromatic carbocycles. The monoisotopic (exact) mass is 277 g/mol. The Labute approximate surface area is 122 Å². The molecule has 1 aliphatic carbocycles. The van der Waals surface area contributed by atoms with Crippen molar-refractivity contribution in [1.82, 2.24) is 9.97 Å². The molecule has 0 atom stereocenters. The zero-order chi connectivity index (χ0) is 14.8. The zero-order valence-corrected chi connectivity index (χ0v) is 13.1. The molecule has 4 nitrogen and oxygen atoms in total. The lowest BCUT2D eigenvalue weighted by Gasteiger charge is -2.37. The molecule has 1 heterocycles. The summed E-state index contributed by atoms with van der Waals surface area (Å²) in [5, 5.41) is 0. The summed E-state index contributed by atoms with van der Waals surface area (Å²) >= 11 is 0. The summed E-state index contributed by atoms with van der Waals surface area (Å²) in [6.45, 7) is 6.67. The minimum Gasteiger partial charge on any atom is -0.384 e. The molecule has 112 valence electrons. The number of nitrogen functional groups attached to an aromatic ring is 1. The molecule has 0 saturated heterocycles. The number of hydrogen-bond acceptors (Lipinski definition) is 4. The Morgan fingerprint density at radius 1 is 1.35 bits per heavy atom. The van der Waals surface area contributed by atoms with Gasteiger partial charge in [0, 0.05) is 18.9 Å². The van der Waals surface area contributed by atoms with Crippen LogP contribution in [0, 0.1) is 11.8 Å². The van der Waals surface area contributed by atoms with E-state index in [1.165, 1.54) is 0 Å². The number of hydrogen-bond donors (Lipinski definition) is 1. The maximum Gasteiger partial charge on any atom is 0.162 e. The third kappa shape index (κ3) is 3.29. The summed E-state index contributed by atoms with van der Waals surface area (Å²) in [6.07, 6.45) is 5.21. The fourth-order valence-electron chi connectivity index (χ4n) is 2.99. The SMILES string of the molecule is COC1(c2nc(N)cc(CC(C)C)n2)CCC(C)CC1. The van der Waals surface area contributed by atoms with E-state index in [0.29, 0.717) is 11.7 Å². The second-order valence-electron chi connectivity index (χ2n) is 6.59. The van der Waals surface area contributed by atoms with Crippen molar-refractivity contribution in [2.45, 2.75) is 58.5 Å². The van der Waals surface area contributed by atoms with Gasteiger partial charge in [0.05, 0.1) is 0 Å². The molecule has 0 radical (unpaired) electrons. The highest BCUT2D eigenvalue weighted by atomic mass is 16.5. The number of aromatic nitrogens is 2. The van der Waals surface area contributed by atoms with Gasteiger partial charge in [0.2, 0.25) is 0 Å². The van der Waals surface area contributed by atoms with Gasteiger partial charge in [0.25, 0.3) is 0 Å². The van der Waals surface area contributed by atoms with Crippen LogP contribution < -0.4 is 5.73 Å². The minimum atomic E-state index is -0.340. The van der Waals surface area contributed by atoms with Crippen LogP contribution >= 0.6 is 0 Å². The third-order valence-corrected chi connectivity index (χ3v) is 4.30. The van der Waals surface area contributed by atoms with Gasteiger partial charge in [-0.25, -0.2) is 9.97 Å². The lowest BCUT2D eigenvalue weighted by Crippen LogP contribution is -2.35. The molecule has 1 aromatic heterocycles. The van der Waals surface area contributed by atoms with Crippen molar-refractivity contribution in [2.75, 3.05) is 12.8 Å². The molecule has 1 aliphatic rings. The Kier molecular flexibility index (Phi) is 4.63. The maximum atomic E-state index is 5.98. The van der Waals surface area contributed by atoms with E-state index in [1.54, 1.807) is 7.11 Å². The van der Waals surface area contributed by atoms with Gasteiger partial charge in [-0.15, -0.1) is 0 Å². The van der Waals surface area contributed by atoms with Gasteiger partial charge in [0.15, 0.2) is 5.82 Å². The second kappa shape index (κ2) is 6.08. The van der Waals surface area contributed by atoms with E-state index in [4.69, 9.17) is 15.5 Å². The molecule has 4 heteroatoms. The van der Waals surface area contributed by atoms with Crippen molar-refractivity contribution >= 4 is 5.82 Å². The quantitative estimate of drug-likeness (QED) is 0.917. The first kappa shape index (κ1) is 15.2. The second-order valence-corrected chi connectivity index (χ2v) is 6.59. The normalized spacial score (nSPS) is 26.9. The maximum absolute atomic E-state index is 5.98. The van der Waals surface area contributed by atoms with E-state index >= 15 is 0 Å². The summed E-state index contributed by atoms with van der Waals surface area (Å²) in [7, 11) is 1.77. The van der Waals surface area contributed by atoms with Crippen molar-refractivity contribution in [1.29, 1.82) is 0 Å². The molecule has 2 N–H and O–H groups in total. The summed E-state index contributed by atoms with van der Waals surface area (Å²) in [4.78, 5) is 9.22. The van der Waals surface area contributed by atoms with Crippen LogP contribution in [0.4, 0.5) is 5.82 Å². The first-order valence-corrected chi connectivity index (χ1v) is 7.64. The predicted molar refractivity (Wildman–Crippen MR) is 81.3 cm³/mol. The molecule has 0 unspecified atom stereocenters. The van der Waals surface area contributed by atoms with Crippen LogP contribution in [0.5, 0.6) is 0 Å². The Hall–Kier alpha value is -1.16. The minimum absolute atomic E-state index is 0.340. The Morgan fingerprint density at radius 3 is 2.55 bits per heavy atom. The third-order valence-electron chi connectivity index (χ3n) is 4.30. The molecular formula is C16H27N3O. The number of anilines is 1. The van der Waals surface area contributed by atoms with E-state index in [2.05, 4.69) is 25.8 Å². The molecule has 0 spiro atoms. The van der Waals surface area contributed by atoms with Gasteiger partial charge >= 0.3 is 0 Å². The molecule has 2 rings (SSSR count). The van der Waals surface area contributed by atoms with Gasteiger partial charge < -0.3 is 10.5 Å². The molecule has 0 bridgehead atoms. The Balaban J connectivity index is 2.32. The summed E-state index contributed by atoms with van der Waals surface area (Å²) in [5.74, 6) is 2.65.